The maximum Gasteiger partial charge on any atom is 0.340 e. The molecule has 0 spiro atoms. The third-order valence-electron chi connectivity index (χ3n) is 4.70. The zero-order valence-corrected chi connectivity index (χ0v) is 15.7. The fourth-order valence-corrected chi connectivity index (χ4v) is 3.69. The number of ether oxygens (including phenoxy) is 1. The number of aryl methyl sites for hydroxylation is 1. The first-order chi connectivity index (χ1) is 12.4. The van der Waals surface area contributed by atoms with Crippen LogP contribution in [0.15, 0.2) is 35.5 Å². The summed E-state index contributed by atoms with van der Waals surface area (Å²) in [6, 6.07) is 9.68. The van der Waals surface area contributed by atoms with Gasteiger partial charge in [-0.2, -0.15) is 0 Å². The summed E-state index contributed by atoms with van der Waals surface area (Å²) in [7, 11) is 0. The highest BCUT2D eigenvalue weighted by molar-refractivity contribution is 6.12. The number of nitrogens with zero attached hydrogens (tertiary/aromatic N) is 2. The lowest BCUT2D eigenvalue weighted by atomic mass is 9.73. The van der Waals surface area contributed by atoms with Crippen LogP contribution >= 0.6 is 0 Å². The Bertz CT molecular complexity index is 871. The van der Waals surface area contributed by atoms with Gasteiger partial charge in [0.1, 0.15) is 0 Å². The van der Waals surface area contributed by atoms with Crippen LogP contribution in [0.2, 0.25) is 0 Å². The summed E-state index contributed by atoms with van der Waals surface area (Å²) in [5, 5.41) is 13.3. The third-order valence-corrected chi connectivity index (χ3v) is 4.70. The van der Waals surface area contributed by atoms with Crippen LogP contribution in [-0.4, -0.2) is 28.5 Å². The lowest BCUT2D eigenvalue weighted by Gasteiger charge is -2.33. The Morgan fingerprint density at radius 1 is 1.23 bits per heavy atom. The van der Waals surface area contributed by atoms with Crippen molar-refractivity contribution >= 4 is 11.7 Å². The molecule has 5 nitrogen and oxygen atoms in total. The highest BCUT2D eigenvalue weighted by atomic mass is 16.5. The molecule has 0 aliphatic heterocycles. The number of oxime groups is 1. The Kier molecular flexibility index (Phi) is 4.81. The second kappa shape index (κ2) is 6.90. The fraction of sp³-hybridized carbons (Fsp3) is 0.381. The molecule has 2 aromatic rings. The molecule has 0 amide bonds. The molecule has 0 saturated heterocycles. The lowest BCUT2D eigenvalue weighted by molar-refractivity contribution is 0.0526. The van der Waals surface area contributed by atoms with Crippen molar-refractivity contribution < 1.29 is 14.7 Å². The predicted molar refractivity (Wildman–Crippen MR) is 101 cm³/mol. The van der Waals surface area contributed by atoms with E-state index in [2.05, 4.69) is 19.0 Å². The quantitative estimate of drug-likeness (QED) is 0.505. The van der Waals surface area contributed by atoms with Crippen molar-refractivity contribution in [1.29, 1.82) is 0 Å². The van der Waals surface area contributed by atoms with E-state index in [1.807, 2.05) is 37.3 Å². The molecular formula is C21H24N2O3. The number of fused-ring (bicyclic) bond motifs is 1. The van der Waals surface area contributed by atoms with E-state index in [9.17, 15) is 10.0 Å². The number of hydrogen-bond acceptors (Lipinski definition) is 5. The molecule has 5 heteroatoms. The Morgan fingerprint density at radius 2 is 1.92 bits per heavy atom. The molecule has 1 N–H and O–H groups in total. The molecule has 0 bridgehead atoms. The van der Waals surface area contributed by atoms with E-state index in [1.165, 1.54) is 0 Å². The molecule has 0 unspecified atom stereocenters. The third kappa shape index (κ3) is 3.21. The van der Waals surface area contributed by atoms with Gasteiger partial charge in [0, 0.05) is 11.1 Å². The second-order valence-corrected chi connectivity index (χ2v) is 7.42. The number of aromatic nitrogens is 1. The molecule has 0 atom stereocenters. The summed E-state index contributed by atoms with van der Waals surface area (Å²) in [4.78, 5) is 17.4. The summed E-state index contributed by atoms with van der Waals surface area (Å²) < 4.78 is 5.29. The topological polar surface area (TPSA) is 71.8 Å². The fourth-order valence-electron chi connectivity index (χ4n) is 3.69. The standard InChI is InChI=1S/C21H24N2O3/c1-5-26-20(24)17-13(2)22-15-11-21(3,4)12-16(23-25)19(15)18(17)14-9-7-6-8-10-14/h6-10,25H,5,11-12H2,1-4H3/b23-16-. The number of hydrogen-bond donors (Lipinski definition) is 1. The van der Waals surface area contributed by atoms with Gasteiger partial charge in [0.15, 0.2) is 0 Å². The van der Waals surface area contributed by atoms with Gasteiger partial charge in [-0.25, -0.2) is 4.79 Å². The number of carbonyl (C=O) groups is 1. The molecule has 0 radical (unpaired) electrons. The van der Waals surface area contributed by atoms with Gasteiger partial charge in [0.2, 0.25) is 0 Å². The average molecular weight is 352 g/mol. The molecule has 3 rings (SSSR count). The zero-order valence-electron chi connectivity index (χ0n) is 15.7. The highest BCUT2D eigenvalue weighted by Gasteiger charge is 2.36. The van der Waals surface area contributed by atoms with E-state index in [4.69, 9.17) is 9.72 Å². The molecule has 1 aromatic carbocycles. The Balaban J connectivity index is 2.37. The number of pyridine rings is 1. The Hall–Kier alpha value is -2.69. The first-order valence-corrected chi connectivity index (χ1v) is 8.85. The molecule has 1 aliphatic rings. The van der Waals surface area contributed by atoms with Crippen molar-refractivity contribution in [2.24, 2.45) is 10.6 Å². The van der Waals surface area contributed by atoms with Crippen LogP contribution in [0.3, 0.4) is 0 Å². The van der Waals surface area contributed by atoms with E-state index in [1.54, 1.807) is 6.92 Å². The van der Waals surface area contributed by atoms with Crippen molar-refractivity contribution in [3.8, 4) is 11.1 Å². The van der Waals surface area contributed by atoms with Crippen LogP contribution in [-0.2, 0) is 11.2 Å². The average Bonchev–Trinajstić information content (AvgIpc) is 2.59. The first-order valence-electron chi connectivity index (χ1n) is 8.85. The maximum atomic E-state index is 12.7. The minimum absolute atomic E-state index is 0.0621. The normalized spacial score (nSPS) is 17.0. The molecular weight excluding hydrogens is 328 g/mol. The summed E-state index contributed by atoms with van der Waals surface area (Å²) in [6.45, 7) is 8.15. The van der Waals surface area contributed by atoms with Gasteiger partial charge in [-0.15, -0.1) is 0 Å². The van der Waals surface area contributed by atoms with Gasteiger partial charge < -0.3 is 9.94 Å². The summed E-state index contributed by atoms with van der Waals surface area (Å²) in [5.41, 5.74) is 4.83. The molecule has 136 valence electrons. The maximum absolute atomic E-state index is 12.7. The summed E-state index contributed by atoms with van der Waals surface area (Å²) >= 11 is 0. The molecule has 1 aliphatic carbocycles. The minimum atomic E-state index is -0.402. The Morgan fingerprint density at radius 3 is 2.54 bits per heavy atom. The SMILES string of the molecule is CCOC(=O)c1c(C)nc2c(c1-c1ccccc1)/C(=N\O)CC(C)(C)C2. The smallest absolute Gasteiger partial charge is 0.340 e. The molecule has 0 saturated carbocycles. The minimum Gasteiger partial charge on any atom is -0.462 e. The number of rotatable bonds is 3. The number of benzene rings is 1. The van der Waals surface area contributed by atoms with E-state index in [0.29, 0.717) is 23.4 Å². The predicted octanol–water partition coefficient (Wildman–Crippen LogP) is 4.38. The van der Waals surface area contributed by atoms with E-state index >= 15 is 0 Å². The molecule has 0 fully saturated rings. The van der Waals surface area contributed by atoms with Gasteiger partial charge in [-0.1, -0.05) is 49.3 Å². The number of esters is 1. The van der Waals surface area contributed by atoms with Crippen molar-refractivity contribution in [1.82, 2.24) is 4.98 Å². The van der Waals surface area contributed by atoms with Crippen LogP contribution < -0.4 is 0 Å². The van der Waals surface area contributed by atoms with Crippen LogP contribution in [0.25, 0.3) is 11.1 Å². The van der Waals surface area contributed by atoms with Gasteiger partial charge >= 0.3 is 5.97 Å². The van der Waals surface area contributed by atoms with Gasteiger partial charge in [-0.3, -0.25) is 4.98 Å². The van der Waals surface area contributed by atoms with Crippen molar-refractivity contribution in [3.63, 3.8) is 0 Å². The van der Waals surface area contributed by atoms with Crippen molar-refractivity contribution in [3.05, 3.63) is 52.8 Å². The first kappa shape index (κ1) is 18.1. The lowest BCUT2D eigenvalue weighted by Crippen LogP contribution is -2.30. The van der Waals surface area contributed by atoms with E-state index in [0.717, 1.165) is 28.8 Å². The highest BCUT2D eigenvalue weighted by Crippen LogP contribution is 2.41. The van der Waals surface area contributed by atoms with Crippen LogP contribution in [0, 0.1) is 12.3 Å². The van der Waals surface area contributed by atoms with Crippen LogP contribution in [0.4, 0.5) is 0 Å². The summed E-state index contributed by atoms with van der Waals surface area (Å²) in [5.74, 6) is -0.402. The molecule has 1 aromatic heterocycles. The second-order valence-electron chi connectivity index (χ2n) is 7.42. The monoisotopic (exact) mass is 352 g/mol. The molecule has 26 heavy (non-hydrogen) atoms. The van der Waals surface area contributed by atoms with Gasteiger partial charge in [0.05, 0.1) is 29.3 Å². The zero-order chi connectivity index (χ0) is 18.9. The van der Waals surface area contributed by atoms with E-state index < -0.39 is 5.97 Å². The van der Waals surface area contributed by atoms with Crippen LogP contribution in [0.1, 0.15) is 54.5 Å². The number of carbonyl (C=O) groups excluding carboxylic acids is 1. The van der Waals surface area contributed by atoms with E-state index in [-0.39, 0.29) is 12.0 Å². The van der Waals surface area contributed by atoms with Gasteiger partial charge in [-0.05, 0) is 37.7 Å². The van der Waals surface area contributed by atoms with Crippen molar-refractivity contribution in [2.45, 2.75) is 40.5 Å². The van der Waals surface area contributed by atoms with Crippen molar-refractivity contribution in [2.75, 3.05) is 6.61 Å². The molecule has 1 heterocycles. The summed E-state index contributed by atoms with van der Waals surface area (Å²) in [6.07, 6.45) is 1.37. The van der Waals surface area contributed by atoms with Gasteiger partial charge in [0.25, 0.3) is 0 Å². The van der Waals surface area contributed by atoms with Crippen LogP contribution in [0.5, 0.6) is 0 Å². The Labute approximate surface area is 153 Å². The largest absolute Gasteiger partial charge is 0.462 e.